The number of likely N-dealkylation sites (N-methyl/N-ethyl adjacent to an activating group) is 2. The van der Waals surface area contributed by atoms with Crippen LogP contribution in [0.2, 0.25) is 0 Å². The van der Waals surface area contributed by atoms with Gasteiger partial charge in [-0.3, -0.25) is 0 Å². The van der Waals surface area contributed by atoms with Crippen LogP contribution in [0.4, 0.5) is 0 Å². The first kappa shape index (κ1) is 20.8. The SMILES string of the molecule is CCOCC[N+](C)(C)CCCCC[N+](C)(C)CCOCC. The molecule has 0 amide bonds. The van der Waals surface area contributed by atoms with E-state index in [1.54, 1.807) is 0 Å². The second kappa shape index (κ2) is 11.4. The van der Waals surface area contributed by atoms with Crippen molar-refractivity contribution in [2.24, 2.45) is 0 Å². The molecule has 0 N–H and O–H groups in total. The van der Waals surface area contributed by atoms with Crippen molar-refractivity contribution in [1.29, 1.82) is 0 Å². The lowest BCUT2D eigenvalue weighted by molar-refractivity contribution is -0.893. The van der Waals surface area contributed by atoms with Gasteiger partial charge < -0.3 is 18.4 Å². The van der Waals surface area contributed by atoms with Gasteiger partial charge in [0.15, 0.2) is 0 Å². The number of ether oxygens (including phenoxy) is 2. The van der Waals surface area contributed by atoms with Crippen LogP contribution < -0.4 is 0 Å². The average molecular weight is 305 g/mol. The first-order valence-corrected chi connectivity index (χ1v) is 8.62. The van der Waals surface area contributed by atoms with Crippen LogP contribution >= 0.6 is 0 Å². The quantitative estimate of drug-likeness (QED) is 0.362. The summed E-state index contributed by atoms with van der Waals surface area (Å²) in [5.74, 6) is 0. The van der Waals surface area contributed by atoms with Gasteiger partial charge >= 0.3 is 0 Å². The van der Waals surface area contributed by atoms with E-state index in [1.807, 2.05) is 0 Å². The van der Waals surface area contributed by atoms with Gasteiger partial charge in [-0.25, -0.2) is 0 Å². The molecule has 128 valence electrons. The number of hydrogen-bond donors (Lipinski definition) is 0. The molecule has 0 radical (unpaired) electrons. The van der Waals surface area contributed by atoms with Crippen molar-refractivity contribution in [1.82, 2.24) is 0 Å². The third-order valence-electron chi connectivity index (χ3n) is 4.12. The molecule has 4 heteroatoms. The van der Waals surface area contributed by atoms with E-state index in [0.717, 1.165) is 48.5 Å². The third-order valence-corrected chi connectivity index (χ3v) is 4.12. The summed E-state index contributed by atoms with van der Waals surface area (Å²) in [6.45, 7) is 12.3. The fraction of sp³-hybridized carbons (Fsp3) is 1.00. The Morgan fingerprint density at radius 1 is 0.571 bits per heavy atom. The van der Waals surface area contributed by atoms with Crippen molar-refractivity contribution in [3.63, 3.8) is 0 Å². The van der Waals surface area contributed by atoms with Gasteiger partial charge in [0.1, 0.15) is 13.1 Å². The third kappa shape index (κ3) is 13.2. The lowest BCUT2D eigenvalue weighted by Crippen LogP contribution is -2.44. The molecule has 0 aromatic carbocycles. The van der Waals surface area contributed by atoms with E-state index in [-0.39, 0.29) is 0 Å². The van der Waals surface area contributed by atoms with Crippen LogP contribution in [0.5, 0.6) is 0 Å². The zero-order chi connectivity index (χ0) is 16.2. The second-order valence-corrected chi connectivity index (χ2v) is 7.22. The molecular weight excluding hydrogens is 264 g/mol. The van der Waals surface area contributed by atoms with Crippen molar-refractivity contribution in [3.05, 3.63) is 0 Å². The first-order valence-electron chi connectivity index (χ1n) is 8.62. The highest BCUT2D eigenvalue weighted by Crippen LogP contribution is 2.07. The number of unbranched alkanes of at least 4 members (excludes halogenated alkanes) is 2. The van der Waals surface area contributed by atoms with Gasteiger partial charge in [-0.1, -0.05) is 0 Å². The second-order valence-electron chi connectivity index (χ2n) is 7.22. The summed E-state index contributed by atoms with van der Waals surface area (Å²) in [6, 6.07) is 0. The zero-order valence-corrected chi connectivity index (χ0v) is 15.5. The van der Waals surface area contributed by atoms with E-state index in [4.69, 9.17) is 9.47 Å². The molecule has 21 heavy (non-hydrogen) atoms. The van der Waals surface area contributed by atoms with Crippen LogP contribution in [0.3, 0.4) is 0 Å². The molecule has 0 aliphatic carbocycles. The summed E-state index contributed by atoms with van der Waals surface area (Å²) in [7, 11) is 9.23. The first-order chi connectivity index (χ1) is 9.83. The molecule has 0 aromatic heterocycles. The lowest BCUT2D eigenvalue weighted by atomic mass is 10.2. The molecule has 0 unspecified atom stereocenters. The Morgan fingerprint density at radius 2 is 0.952 bits per heavy atom. The fourth-order valence-corrected chi connectivity index (χ4v) is 2.39. The number of nitrogens with zero attached hydrogens (tertiary/aromatic N) is 2. The maximum Gasteiger partial charge on any atom is 0.102 e. The standard InChI is InChI=1S/C17H40N2O2/c1-7-20-16-14-18(3,4)12-10-9-11-13-19(5,6)15-17-21-8-2/h7-17H2,1-6H3/q+2. The van der Waals surface area contributed by atoms with Crippen LogP contribution in [0.1, 0.15) is 33.1 Å². The Balaban J connectivity index is 3.65. The molecule has 0 aromatic rings. The highest BCUT2D eigenvalue weighted by atomic mass is 16.5. The zero-order valence-electron chi connectivity index (χ0n) is 15.5. The van der Waals surface area contributed by atoms with Crippen LogP contribution in [0.15, 0.2) is 0 Å². The van der Waals surface area contributed by atoms with E-state index in [0.29, 0.717) is 0 Å². The average Bonchev–Trinajstić information content (AvgIpc) is 2.38. The van der Waals surface area contributed by atoms with Crippen LogP contribution in [0.25, 0.3) is 0 Å². The maximum absolute atomic E-state index is 5.46. The molecule has 0 rings (SSSR count). The molecule has 0 heterocycles. The van der Waals surface area contributed by atoms with Gasteiger partial charge in [-0.2, -0.15) is 0 Å². The molecule has 0 fully saturated rings. The van der Waals surface area contributed by atoms with Gasteiger partial charge in [-0.05, 0) is 33.1 Å². The van der Waals surface area contributed by atoms with Crippen molar-refractivity contribution >= 4 is 0 Å². The van der Waals surface area contributed by atoms with Gasteiger partial charge in [-0.15, -0.1) is 0 Å². The van der Waals surface area contributed by atoms with Gasteiger partial charge in [0.05, 0.1) is 54.5 Å². The monoisotopic (exact) mass is 304 g/mol. The van der Waals surface area contributed by atoms with Crippen molar-refractivity contribution < 1.29 is 18.4 Å². The summed E-state index contributed by atoms with van der Waals surface area (Å²) in [5.41, 5.74) is 0. The molecule has 4 nitrogen and oxygen atoms in total. The van der Waals surface area contributed by atoms with Gasteiger partial charge in [0, 0.05) is 13.2 Å². The lowest BCUT2D eigenvalue weighted by Gasteiger charge is -2.31. The minimum Gasteiger partial charge on any atom is -0.376 e. The topological polar surface area (TPSA) is 18.5 Å². The summed E-state index contributed by atoms with van der Waals surface area (Å²) < 4.78 is 13.1. The molecule has 0 aliphatic heterocycles. The molecule has 0 bridgehead atoms. The Labute approximate surface area is 133 Å². The summed E-state index contributed by atoms with van der Waals surface area (Å²) >= 11 is 0. The molecule has 0 saturated heterocycles. The molecular formula is C17H40N2O2+2. The van der Waals surface area contributed by atoms with Crippen LogP contribution in [-0.2, 0) is 9.47 Å². The van der Waals surface area contributed by atoms with Crippen molar-refractivity contribution in [2.45, 2.75) is 33.1 Å². The smallest absolute Gasteiger partial charge is 0.102 e. The summed E-state index contributed by atoms with van der Waals surface area (Å²) in [5, 5.41) is 0. The Kier molecular flexibility index (Phi) is 11.3. The fourth-order valence-electron chi connectivity index (χ4n) is 2.39. The van der Waals surface area contributed by atoms with E-state index in [9.17, 15) is 0 Å². The largest absolute Gasteiger partial charge is 0.376 e. The highest BCUT2D eigenvalue weighted by Gasteiger charge is 2.16. The Bertz CT molecular complexity index is 219. The minimum absolute atomic E-state index is 0.828. The predicted octanol–water partition coefficient (Wildman–Crippen LogP) is 2.38. The van der Waals surface area contributed by atoms with Gasteiger partial charge in [0.2, 0.25) is 0 Å². The minimum atomic E-state index is 0.828. The Hall–Kier alpha value is -0.160. The van der Waals surface area contributed by atoms with Crippen molar-refractivity contribution in [3.8, 4) is 0 Å². The Morgan fingerprint density at radius 3 is 1.29 bits per heavy atom. The number of hydrogen-bond acceptors (Lipinski definition) is 2. The van der Waals surface area contributed by atoms with Crippen LogP contribution in [-0.4, -0.2) is 89.8 Å². The number of rotatable bonds is 14. The van der Waals surface area contributed by atoms with E-state index in [2.05, 4.69) is 42.0 Å². The highest BCUT2D eigenvalue weighted by molar-refractivity contribution is 4.44. The summed E-state index contributed by atoms with van der Waals surface area (Å²) in [6.07, 6.45) is 3.95. The van der Waals surface area contributed by atoms with Gasteiger partial charge in [0.25, 0.3) is 0 Å². The number of quaternary nitrogens is 2. The molecule has 0 saturated carbocycles. The maximum atomic E-state index is 5.46. The normalized spacial score (nSPS) is 12.9. The molecule has 0 spiro atoms. The molecule has 0 atom stereocenters. The van der Waals surface area contributed by atoms with Crippen LogP contribution in [0, 0.1) is 0 Å². The molecule has 0 aliphatic rings. The van der Waals surface area contributed by atoms with E-state index < -0.39 is 0 Å². The van der Waals surface area contributed by atoms with E-state index >= 15 is 0 Å². The predicted molar refractivity (Wildman–Crippen MR) is 90.5 cm³/mol. The van der Waals surface area contributed by atoms with E-state index in [1.165, 1.54) is 32.4 Å². The van der Waals surface area contributed by atoms with Crippen molar-refractivity contribution in [2.75, 3.05) is 80.8 Å². The summed E-state index contributed by atoms with van der Waals surface area (Å²) in [4.78, 5) is 0.